The monoisotopic (exact) mass is 329 g/mol. The van der Waals surface area contributed by atoms with Crippen LogP contribution in [0, 0.1) is 11.8 Å². The van der Waals surface area contributed by atoms with E-state index in [1.807, 2.05) is 6.07 Å². The summed E-state index contributed by atoms with van der Waals surface area (Å²) in [6.45, 7) is 0.680. The van der Waals surface area contributed by atoms with Crippen LogP contribution in [0.2, 0.25) is 0 Å². The fourth-order valence-electron chi connectivity index (χ4n) is 3.54. The molecule has 0 atom stereocenters. The molecule has 2 aliphatic carbocycles. The van der Waals surface area contributed by atoms with E-state index in [4.69, 9.17) is 4.74 Å². The van der Waals surface area contributed by atoms with Crippen LogP contribution in [0.15, 0.2) is 30.3 Å². The number of carbonyl (C=O) groups excluding carboxylic acids is 2. The van der Waals surface area contributed by atoms with Crippen molar-refractivity contribution >= 4 is 11.9 Å². The van der Waals surface area contributed by atoms with Gasteiger partial charge >= 0.3 is 5.97 Å². The average molecular weight is 329 g/mol. The van der Waals surface area contributed by atoms with Crippen LogP contribution < -0.4 is 0 Å². The van der Waals surface area contributed by atoms with Crippen LogP contribution in [0.3, 0.4) is 0 Å². The summed E-state index contributed by atoms with van der Waals surface area (Å²) in [6.07, 6.45) is 6.15. The lowest BCUT2D eigenvalue weighted by Crippen LogP contribution is -2.34. The van der Waals surface area contributed by atoms with Crippen molar-refractivity contribution in [2.24, 2.45) is 11.8 Å². The van der Waals surface area contributed by atoms with E-state index in [-0.39, 0.29) is 24.4 Å². The maximum Gasteiger partial charge on any atom is 0.309 e. The van der Waals surface area contributed by atoms with Crippen molar-refractivity contribution in [3.8, 4) is 0 Å². The zero-order valence-electron chi connectivity index (χ0n) is 14.4. The van der Waals surface area contributed by atoms with Crippen molar-refractivity contribution < 1.29 is 14.3 Å². The summed E-state index contributed by atoms with van der Waals surface area (Å²) in [5.74, 6) is 0.860. The normalized spacial score (nSPS) is 23.5. The van der Waals surface area contributed by atoms with Gasteiger partial charge in [-0.2, -0.15) is 0 Å². The summed E-state index contributed by atoms with van der Waals surface area (Å²) >= 11 is 0. The summed E-state index contributed by atoms with van der Waals surface area (Å²) in [6, 6.07) is 10.5. The van der Waals surface area contributed by atoms with Gasteiger partial charge in [0, 0.05) is 13.6 Å². The molecule has 4 heteroatoms. The van der Waals surface area contributed by atoms with Crippen LogP contribution >= 0.6 is 0 Å². The highest BCUT2D eigenvalue weighted by Gasteiger charge is 2.29. The molecular formula is C20H27NO3. The van der Waals surface area contributed by atoms with E-state index in [9.17, 15) is 9.59 Å². The van der Waals surface area contributed by atoms with Crippen LogP contribution in [0.4, 0.5) is 0 Å². The predicted molar refractivity (Wildman–Crippen MR) is 92.5 cm³/mol. The second kappa shape index (κ2) is 7.82. The summed E-state index contributed by atoms with van der Waals surface area (Å²) < 4.78 is 5.28. The van der Waals surface area contributed by atoms with E-state index in [0.29, 0.717) is 11.8 Å². The number of nitrogens with zero attached hydrogens (tertiary/aromatic N) is 1. The van der Waals surface area contributed by atoms with E-state index < -0.39 is 0 Å². The first-order valence-corrected chi connectivity index (χ1v) is 9.09. The number of benzene rings is 1. The molecule has 0 heterocycles. The first-order valence-electron chi connectivity index (χ1n) is 9.09. The molecule has 0 unspecified atom stereocenters. The highest BCUT2D eigenvalue weighted by Crippen LogP contribution is 2.36. The maximum atomic E-state index is 12.2. The van der Waals surface area contributed by atoms with Crippen molar-refractivity contribution in [2.75, 3.05) is 20.2 Å². The zero-order valence-corrected chi connectivity index (χ0v) is 14.4. The Balaban J connectivity index is 1.39. The van der Waals surface area contributed by atoms with Crippen LogP contribution in [-0.2, 0) is 14.3 Å². The topological polar surface area (TPSA) is 46.6 Å². The second-order valence-electron chi connectivity index (χ2n) is 7.28. The molecule has 0 aromatic heterocycles. The van der Waals surface area contributed by atoms with Gasteiger partial charge in [-0.15, -0.1) is 0 Å². The molecule has 0 radical (unpaired) electrons. The Labute approximate surface area is 144 Å². The third-order valence-corrected chi connectivity index (χ3v) is 5.32. The largest absolute Gasteiger partial charge is 0.455 e. The smallest absolute Gasteiger partial charge is 0.309 e. The Kier molecular flexibility index (Phi) is 5.54. The third kappa shape index (κ3) is 4.59. The molecule has 1 aromatic carbocycles. The van der Waals surface area contributed by atoms with Gasteiger partial charge in [0.2, 0.25) is 0 Å². The molecule has 0 aliphatic heterocycles. The Hall–Kier alpha value is -1.84. The molecular weight excluding hydrogens is 302 g/mol. The second-order valence-corrected chi connectivity index (χ2v) is 7.28. The lowest BCUT2D eigenvalue weighted by Gasteiger charge is -2.27. The van der Waals surface area contributed by atoms with Gasteiger partial charge in [0.1, 0.15) is 0 Å². The summed E-state index contributed by atoms with van der Waals surface area (Å²) in [7, 11) is 1.79. The summed E-state index contributed by atoms with van der Waals surface area (Å²) in [4.78, 5) is 25.9. The number of hydrogen-bond acceptors (Lipinski definition) is 3. The SMILES string of the molecule is CN(CC1CC1)C(=O)COC(=O)C1CCC(c2ccccc2)CC1. The number of carbonyl (C=O) groups is 2. The molecule has 3 rings (SSSR count). The number of esters is 1. The van der Waals surface area contributed by atoms with E-state index in [1.54, 1.807) is 11.9 Å². The predicted octanol–water partition coefficient (Wildman–Crippen LogP) is 3.37. The van der Waals surface area contributed by atoms with Gasteiger partial charge in [-0.1, -0.05) is 30.3 Å². The number of amides is 1. The minimum absolute atomic E-state index is 0.0495. The van der Waals surface area contributed by atoms with Crippen LogP contribution in [-0.4, -0.2) is 37.0 Å². The Bertz CT molecular complexity index is 560. The van der Waals surface area contributed by atoms with Gasteiger partial charge in [-0.3, -0.25) is 9.59 Å². The minimum Gasteiger partial charge on any atom is -0.455 e. The van der Waals surface area contributed by atoms with Crippen LogP contribution in [0.5, 0.6) is 0 Å². The van der Waals surface area contributed by atoms with Crippen molar-refractivity contribution in [3.63, 3.8) is 0 Å². The number of likely N-dealkylation sites (N-methyl/N-ethyl adjacent to an activating group) is 1. The molecule has 4 nitrogen and oxygen atoms in total. The average Bonchev–Trinajstić information content (AvgIpc) is 3.44. The van der Waals surface area contributed by atoms with Crippen LogP contribution in [0.1, 0.15) is 50.0 Å². The van der Waals surface area contributed by atoms with Gasteiger partial charge in [0.05, 0.1) is 5.92 Å². The third-order valence-electron chi connectivity index (χ3n) is 5.32. The van der Waals surface area contributed by atoms with Crippen molar-refractivity contribution in [1.82, 2.24) is 4.90 Å². The fraction of sp³-hybridized carbons (Fsp3) is 0.600. The molecule has 0 N–H and O–H groups in total. The molecule has 130 valence electrons. The van der Waals surface area contributed by atoms with Crippen molar-refractivity contribution in [2.45, 2.75) is 44.4 Å². The maximum absolute atomic E-state index is 12.2. The lowest BCUT2D eigenvalue weighted by atomic mass is 9.79. The van der Waals surface area contributed by atoms with Crippen molar-refractivity contribution in [1.29, 1.82) is 0 Å². The van der Waals surface area contributed by atoms with Gasteiger partial charge < -0.3 is 9.64 Å². The molecule has 0 spiro atoms. The zero-order chi connectivity index (χ0) is 16.9. The molecule has 1 aromatic rings. The van der Waals surface area contributed by atoms with Gasteiger partial charge in [-0.05, 0) is 55.9 Å². The summed E-state index contributed by atoms with van der Waals surface area (Å²) in [5.41, 5.74) is 1.36. The van der Waals surface area contributed by atoms with Gasteiger partial charge in [0.15, 0.2) is 6.61 Å². The number of hydrogen-bond donors (Lipinski definition) is 0. The quantitative estimate of drug-likeness (QED) is 0.752. The van der Waals surface area contributed by atoms with Crippen LogP contribution in [0.25, 0.3) is 0 Å². The van der Waals surface area contributed by atoms with E-state index >= 15 is 0 Å². The molecule has 1 amide bonds. The number of ether oxygens (including phenoxy) is 1. The minimum atomic E-state index is -0.199. The highest BCUT2D eigenvalue weighted by atomic mass is 16.5. The molecule has 0 saturated heterocycles. The Morgan fingerprint density at radius 2 is 1.71 bits per heavy atom. The first-order chi connectivity index (χ1) is 11.6. The molecule has 2 saturated carbocycles. The molecule has 0 bridgehead atoms. The summed E-state index contributed by atoms with van der Waals surface area (Å²) in [5, 5.41) is 0. The highest BCUT2D eigenvalue weighted by molar-refractivity contribution is 5.81. The first kappa shape index (κ1) is 17.0. The fourth-order valence-corrected chi connectivity index (χ4v) is 3.54. The van der Waals surface area contributed by atoms with E-state index in [1.165, 1.54) is 18.4 Å². The van der Waals surface area contributed by atoms with Gasteiger partial charge in [0.25, 0.3) is 5.91 Å². The molecule has 2 aliphatic rings. The van der Waals surface area contributed by atoms with E-state index in [0.717, 1.165) is 32.2 Å². The van der Waals surface area contributed by atoms with E-state index in [2.05, 4.69) is 24.3 Å². The van der Waals surface area contributed by atoms with Crippen molar-refractivity contribution in [3.05, 3.63) is 35.9 Å². The lowest BCUT2D eigenvalue weighted by molar-refractivity contribution is -0.156. The van der Waals surface area contributed by atoms with Gasteiger partial charge in [-0.25, -0.2) is 0 Å². The molecule has 2 fully saturated rings. The Morgan fingerprint density at radius 3 is 2.33 bits per heavy atom. The standard InChI is InChI=1S/C20H27NO3/c1-21(13-15-7-8-15)19(22)14-24-20(23)18-11-9-17(10-12-18)16-5-3-2-4-6-16/h2-6,15,17-18H,7-14H2,1H3. The Morgan fingerprint density at radius 1 is 1.04 bits per heavy atom. The molecule has 24 heavy (non-hydrogen) atoms. The number of rotatable bonds is 6.